The van der Waals surface area contributed by atoms with Crippen molar-refractivity contribution in [3.63, 3.8) is 0 Å². The lowest BCUT2D eigenvalue weighted by atomic mass is 10.3. The molecule has 0 spiro atoms. The Morgan fingerprint density at radius 1 is 1.18 bits per heavy atom. The first-order chi connectivity index (χ1) is 8.16. The van der Waals surface area contributed by atoms with Gasteiger partial charge in [0.05, 0.1) is 10.6 Å². The fourth-order valence-electron chi connectivity index (χ4n) is 1.48. The molecule has 1 amide bonds. The van der Waals surface area contributed by atoms with Crippen molar-refractivity contribution in [1.29, 1.82) is 0 Å². The zero-order chi connectivity index (χ0) is 12.3. The zero-order valence-electron chi connectivity index (χ0n) is 9.81. The molecule has 0 unspecified atom stereocenters. The summed E-state index contributed by atoms with van der Waals surface area (Å²) in [4.78, 5) is 13.8. The molecule has 0 fully saturated rings. The fraction of sp³-hybridized carbons (Fsp3) is 0.154. The first kappa shape index (κ1) is 11.7. The minimum Gasteiger partial charge on any atom is -0.288 e. The van der Waals surface area contributed by atoms with Gasteiger partial charge in [-0.3, -0.25) is 15.2 Å². The summed E-state index contributed by atoms with van der Waals surface area (Å²) in [5, 5.41) is 1.72. The summed E-state index contributed by atoms with van der Waals surface area (Å²) in [7, 11) is 1.83. The van der Waals surface area contributed by atoms with Gasteiger partial charge in [-0.05, 0) is 31.2 Å². The first-order valence-corrected chi connectivity index (χ1v) is 6.14. The number of amides is 1. The molecule has 0 aliphatic rings. The zero-order valence-corrected chi connectivity index (χ0v) is 10.6. The first-order valence-electron chi connectivity index (χ1n) is 5.33. The summed E-state index contributed by atoms with van der Waals surface area (Å²) >= 11 is 1.49. The van der Waals surface area contributed by atoms with Gasteiger partial charge in [-0.15, -0.1) is 11.3 Å². The standard InChI is InChI=1S/C13H14N2OS/c1-10-8-9-12(17-10)13(16)14-15(2)11-6-4-3-5-7-11/h3-9H,1-2H3,(H,14,16). The Morgan fingerprint density at radius 3 is 2.47 bits per heavy atom. The monoisotopic (exact) mass is 246 g/mol. The van der Waals surface area contributed by atoms with Crippen LogP contribution in [0.1, 0.15) is 14.5 Å². The quantitative estimate of drug-likeness (QED) is 0.845. The highest BCUT2D eigenvalue weighted by Crippen LogP contribution is 2.15. The van der Waals surface area contributed by atoms with Gasteiger partial charge >= 0.3 is 0 Å². The summed E-state index contributed by atoms with van der Waals surface area (Å²) in [6.45, 7) is 1.99. The number of hydrazine groups is 1. The second kappa shape index (κ2) is 5.01. The number of carbonyl (C=O) groups excluding carboxylic acids is 1. The van der Waals surface area contributed by atoms with E-state index in [9.17, 15) is 4.79 Å². The van der Waals surface area contributed by atoms with E-state index in [2.05, 4.69) is 5.43 Å². The maximum atomic E-state index is 11.9. The van der Waals surface area contributed by atoms with Crippen molar-refractivity contribution in [3.8, 4) is 0 Å². The maximum Gasteiger partial charge on any atom is 0.279 e. The number of carbonyl (C=O) groups is 1. The molecule has 0 aliphatic heterocycles. The normalized spacial score (nSPS) is 10.0. The van der Waals surface area contributed by atoms with Crippen LogP contribution in [0.5, 0.6) is 0 Å². The van der Waals surface area contributed by atoms with Crippen molar-refractivity contribution >= 4 is 22.9 Å². The predicted octanol–water partition coefficient (Wildman–Crippen LogP) is 2.84. The summed E-state index contributed by atoms with van der Waals surface area (Å²) in [6, 6.07) is 13.5. The molecule has 4 heteroatoms. The molecule has 0 saturated heterocycles. The van der Waals surface area contributed by atoms with Crippen LogP contribution in [0.4, 0.5) is 5.69 Å². The number of rotatable bonds is 3. The second-order valence-electron chi connectivity index (χ2n) is 3.75. The van der Waals surface area contributed by atoms with Crippen LogP contribution in [0.15, 0.2) is 42.5 Å². The molecule has 1 aromatic carbocycles. The van der Waals surface area contributed by atoms with Crippen LogP contribution >= 0.6 is 11.3 Å². The van der Waals surface area contributed by atoms with E-state index in [1.807, 2.05) is 56.4 Å². The van der Waals surface area contributed by atoms with Crippen LogP contribution in [-0.4, -0.2) is 13.0 Å². The van der Waals surface area contributed by atoms with E-state index in [0.29, 0.717) is 0 Å². The molecule has 2 aromatic rings. The molecule has 0 bridgehead atoms. The van der Waals surface area contributed by atoms with E-state index in [4.69, 9.17) is 0 Å². The van der Waals surface area contributed by atoms with Crippen LogP contribution in [-0.2, 0) is 0 Å². The van der Waals surface area contributed by atoms with E-state index >= 15 is 0 Å². The largest absolute Gasteiger partial charge is 0.288 e. The molecule has 3 nitrogen and oxygen atoms in total. The predicted molar refractivity (Wildman–Crippen MR) is 71.4 cm³/mol. The smallest absolute Gasteiger partial charge is 0.279 e. The van der Waals surface area contributed by atoms with Crippen molar-refractivity contribution in [3.05, 3.63) is 52.2 Å². The molecule has 0 radical (unpaired) electrons. The Bertz CT molecular complexity index is 507. The van der Waals surface area contributed by atoms with Crippen LogP contribution in [0.3, 0.4) is 0 Å². The van der Waals surface area contributed by atoms with Crippen molar-refractivity contribution in [1.82, 2.24) is 5.43 Å². The van der Waals surface area contributed by atoms with Crippen LogP contribution in [0, 0.1) is 6.92 Å². The van der Waals surface area contributed by atoms with Gasteiger partial charge in [0.1, 0.15) is 0 Å². The highest BCUT2D eigenvalue weighted by Gasteiger charge is 2.10. The van der Waals surface area contributed by atoms with E-state index < -0.39 is 0 Å². The summed E-state index contributed by atoms with van der Waals surface area (Å²) in [5.74, 6) is -0.0746. The number of hydrogen-bond donors (Lipinski definition) is 1. The lowest BCUT2D eigenvalue weighted by molar-refractivity contribution is 0.0955. The molecular weight excluding hydrogens is 232 g/mol. The molecule has 0 aliphatic carbocycles. The molecule has 2 rings (SSSR count). The third-order valence-electron chi connectivity index (χ3n) is 2.38. The Hall–Kier alpha value is -1.81. The Morgan fingerprint density at radius 2 is 1.88 bits per heavy atom. The number of thiophene rings is 1. The van der Waals surface area contributed by atoms with Crippen molar-refractivity contribution in [2.24, 2.45) is 0 Å². The summed E-state index contributed by atoms with van der Waals surface area (Å²) in [6.07, 6.45) is 0. The van der Waals surface area contributed by atoms with Gasteiger partial charge in [-0.1, -0.05) is 18.2 Å². The molecule has 1 aromatic heterocycles. The SMILES string of the molecule is Cc1ccc(C(=O)NN(C)c2ccccc2)s1. The molecular formula is C13H14N2OS. The number of hydrogen-bond acceptors (Lipinski definition) is 3. The molecule has 0 atom stereocenters. The Kier molecular flexibility index (Phi) is 3.44. The van der Waals surface area contributed by atoms with E-state index in [1.165, 1.54) is 11.3 Å². The minimum absolute atomic E-state index is 0.0746. The van der Waals surface area contributed by atoms with Crippen molar-refractivity contribution < 1.29 is 4.79 Å². The number of aryl methyl sites for hydroxylation is 1. The van der Waals surface area contributed by atoms with Gasteiger partial charge in [-0.2, -0.15) is 0 Å². The molecule has 1 heterocycles. The lowest BCUT2D eigenvalue weighted by Gasteiger charge is -2.19. The van der Waals surface area contributed by atoms with E-state index in [0.717, 1.165) is 15.4 Å². The van der Waals surface area contributed by atoms with Gasteiger partial charge < -0.3 is 0 Å². The summed E-state index contributed by atoms with van der Waals surface area (Å²) in [5.41, 5.74) is 3.78. The van der Waals surface area contributed by atoms with Gasteiger partial charge in [0.25, 0.3) is 5.91 Å². The maximum absolute atomic E-state index is 11.9. The average molecular weight is 246 g/mol. The second-order valence-corrected chi connectivity index (χ2v) is 5.03. The number of para-hydroxylation sites is 1. The number of nitrogens with one attached hydrogen (secondary N) is 1. The molecule has 1 N–H and O–H groups in total. The Labute approximate surface area is 105 Å². The van der Waals surface area contributed by atoms with Crippen molar-refractivity contribution in [2.45, 2.75) is 6.92 Å². The minimum atomic E-state index is -0.0746. The molecule has 17 heavy (non-hydrogen) atoms. The van der Waals surface area contributed by atoms with E-state index in [-0.39, 0.29) is 5.91 Å². The summed E-state index contributed by atoms with van der Waals surface area (Å²) < 4.78 is 0. The van der Waals surface area contributed by atoms with Crippen LogP contribution in [0.25, 0.3) is 0 Å². The third-order valence-corrected chi connectivity index (χ3v) is 3.38. The van der Waals surface area contributed by atoms with Gasteiger partial charge in [0, 0.05) is 11.9 Å². The van der Waals surface area contributed by atoms with Gasteiger partial charge in [0.15, 0.2) is 0 Å². The van der Waals surface area contributed by atoms with Gasteiger partial charge in [0.2, 0.25) is 0 Å². The van der Waals surface area contributed by atoms with E-state index in [1.54, 1.807) is 5.01 Å². The highest BCUT2D eigenvalue weighted by atomic mass is 32.1. The molecule has 0 saturated carbocycles. The fourth-order valence-corrected chi connectivity index (χ4v) is 2.24. The number of benzene rings is 1. The lowest BCUT2D eigenvalue weighted by Crippen LogP contribution is -2.38. The number of anilines is 1. The number of nitrogens with zero attached hydrogens (tertiary/aromatic N) is 1. The van der Waals surface area contributed by atoms with Crippen LogP contribution in [0.2, 0.25) is 0 Å². The van der Waals surface area contributed by atoms with Gasteiger partial charge in [-0.25, -0.2) is 0 Å². The average Bonchev–Trinajstić information content (AvgIpc) is 2.77. The Balaban J connectivity index is 2.04. The molecule has 88 valence electrons. The topological polar surface area (TPSA) is 32.3 Å². The van der Waals surface area contributed by atoms with Crippen molar-refractivity contribution in [2.75, 3.05) is 12.1 Å². The highest BCUT2D eigenvalue weighted by molar-refractivity contribution is 7.13. The van der Waals surface area contributed by atoms with Crippen LogP contribution < -0.4 is 10.4 Å². The third kappa shape index (κ3) is 2.85.